The molecule has 0 spiro atoms. The van der Waals surface area contributed by atoms with Crippen LogP contribution >= 0.6 is 0 Å². The molecule has 0 unspecified atom stereocenters. The molecule has 7 heteroatoms. The van der Waals surface area contributed by atoms with Crippen LogP contribution in [0.1, 0.15) is 28.0 Å². The molecule has 0 bridgehead atoms. The van der Waals surface area contributed by atoms with E-state index in [9.17, 15) is 9.59 Å². The van der Waals surface area contributed by atoms with Gasteiger partial charge in [-0.1, -0.05) is 30.9 Å². The molecule has 1 aromatic heterocycles. The molecule has 3 aromatic rings. The third kappa shape index (κ3) is 7.92. The number of aromatic nitrogens is 1. The van der Waals surface area contributed by atoms with Gasteiger partial charge in [0, 0.05) is 23.3 Å². The van der Waals surface area contributed by atoms with Crippen molar-refractivity contribution < 1.29 is 19.4 Å². The van der Waals surface area contributed by atoms with Crippen molar-refractivity contribution in [3.05, 3.63) is 121 Å². The summed E-state index contributed by atoms with van der Waals surface area (Å²) in [7, 11) is 0. The summed E-state index contributed by atoms with van der Waals surface area (Å²) in [5, 5.41) is 15.1. The van der Waals surface area contributed by atoms with Gasteiger partial charge >= 0.3 is 5.97 Å². The van der Waals surface area contributed by atoms with Crippen molar-refractivity contribution in [1.82, 2.24) is 4.98 Å². The SMILES string of the molecule is C=CCC=CC(=CC(=C)c1cc(C(=O)O)c[nH]1)Oc1ccc(NC(=O)CNc2cccc(C)c2)cc1. The first kappa shape index (κ1) is 25.8. The van der Waals surface area contributed by atoms with Crippen LogP contribution in [0, 0.1) is 6.92 Å². The first-order valence-electron chi connectivity index (χ1n) is 11.3. The summed E-state index contributed by atoms with van der Waals surface area (Å²) in [5.41, 5.74) is 3.93. The van der Waals surface area contributed by atoms with E-state index in [0.717, 1.165) is 11.3 Å². The fourth-order valence-corrected chi connectivity index (χ4v) is 3.23. The van der Waals surface area contributed by atoms with E-state index in [1.165, 1.54) is 12.3 Å². The highest BCUT2D eigenvalue weighted by Gasteiger charge is 2.09. The molecule has 36 heavy (non-hydrogen) atoms. The highest BCUT2D eigenvalue weighted by Crippen LogP contribution is 2.22. The lowest BCUT2D eigenvalue weighted by Gasteiger charge is -2.10. The Hall–Kier alpha value is -4.78. The average Bonchev–Trinajstić information content (AvgIpc) is 3.35. The zero-order valence-corrected chi connectivity index (χ0v) is 20.1. The zero-order valence-electron chi connectivity index (χ0n) is 20.1. The Morgan fingerprint density at radius 1 is 1.11 bits per heavy atom. The number of H-pyrrole nitrogens is 1. The number of carboxylic acid groups (broad SMARTS) is 1. The molecule has 1 amide bonds. The summed E-state index contributed by atoms with van der Waals surface area (Å²) in [6.07, 6.45) is 9.22. The molecule has 0 atom stereocenters. The number of hydrogen-bond donors (Lipinski definition) is 4. The highest BCUT2D eigenvalue weighted by atomic mass is 16.5. The number of carbonyl (C=O) groups is 2. The predicted octanol–water partition coefficient (Wildman–Crippen LogP) is 6.18. The standard InChI is InChI=1S/C29H29N3O4/c1-4-5-6-10-26(16-21(3)27-17-22(18-31-27)29(34)35)36-25-13-11-23(12-14-25)32-28(33)19-30-24-9-7-8-20(2)15-24/h4,6-18,30-31H,1,3,5,19H2,2H3,(H,32,33)(H,34,35). The number of aryl methyl sites for hydroxylation is 1. The summed E-state index contributed by atoms with van der Waals surface area (Å²) < 4.78 is 6.01. The monoisotopic (exact) mass is 483 g/mol. The largest absolute Gasteiger partial charge is 0.478 e. The van der Waals surface area contributed by atoms with Crippen LogP contribution in [0.2, 0.25) is 0 Å². The first-order chi connectivity index (χ1) is 17.3. The van der Waals surface area contributed by atoms with Crippen LogP contribution in [0.15, 0.2) is 104 Å². The van der Waals surface area contributed by atoms with E-state index in [2.05, 4.69) is 28.8 Å². The van der Waals surface area contributed by atoms with E-state index < -0.39 is 5.97 Å². The smallest absolute Gasteiger partial charge is 0.337 e. The highest BCUT2D eigenvalue weighted by molar-refractivity contribution is 5.93. The van der Waals surface area contributed by atoms with Crippen molar-refractivity contribution in [3.8, 4) is 5.75 Å². The number of anilines is 2. The Morgan fingerprint density at radius 2 is 1.89 bits per heavy atom. The number of nitrogens with one attached hydrogen (secondary N) is 3. The number of carboxylic acids is 1. The fraction of sp³-hybridized carbons (Fsp3) is 0.103. The van der Waals surface area contributed by atoms with Crippen LogP contribution in [0.5, 0.6) is 5.75 Å². The van der Waals surface area contributed by atoms with Gasteiger partial charge in [-0.3, -0.25) is 4.79 Å². The summed E-state index contributed by atoms with van der Waals surface area (Å²) in [4.78, 5) is 26.3. The summed E-state index contributed by atoms with van der Waals surface area (Å²) in [6.45, 7) is 9.86. The molecule has 3 rings (SSSR count). The molecular weight excluding hydrogens is 454 g/mol. The summed E-state index contributed by atoms with van der Waals surface area (Å²) in [5.74, 6) is -0.116. The maximum absolute atomic E-state index is 12.3. The third-order valence-electron chi connectivity index (χ3n) is 5.02. The van der Waals surface area contributed by atoms with E-state index in [1.807, 2.05) is 37.3 Å². The van der Waals surface area contributed by atoms with Gasteiger partial charge in [0.25, 0.3) is 0 Å². The quantitative estimate of drug-likeness (QED) is 0.140. The fourth-order valence-electron chi connectivity index (χ4n) is 3.23. The number of aromatic carboxylic acids is 1. The number of allylic oxidation sites excluding steroid dienone is 5. The lowest BCUT2D eigenvalue weighted by Crippen LogP contribution is -2.21. The van der Waals surface area contributed by atoms with Crippen LogP contribution in [0.3, 0.4) is 0 Å². The minimum absolute atomic E-state index is 0.146. The Kier molecular flexibility index (Phi) is 9.06. The maximum atomic E-state index is 12.3. The van der Waals surface area contributed by atoms with E-state index in [-0.39, 0.29) is 18.0 Å². The van der Waals surface area contributed by atoms with Gasteiger partial charge in [0.1, 0.15) is 11.5 Å². The number of hydrogen-bond acceptors (Lipinski definition) is 4. The lowest BCUT2D eigenvalue weighted by molar-refractivity contribution is -0.114. The Morgan fingerprint density at radius 3 is 2.56 bits per heavy atom. The average molecular weight is 484 g/mol. The van der Waals surface area contributed by atoms with Gasteiger partial charge in [-0.05, 0) is 79.1 Å². The summed E-state index contributed by atoms with van der Waals surface area (Å²) in [6, 6.07) is 16.3. The number of rotatable bonds is 12. The van der Waals surface area contributed by atoms with Crippen LogP contribution < -0.4 is 15.4 Å². The summed E-state index contributed by atoms with van der Waals surface area (Å²) >= 11 is 0. The molecule has 0 saturated heterocycles. The molecular formula is C29H29N3O4. The molecule has 0 fully saturated rings. The van der Waals surface area contributed by atoms with Gasteiger partial charge in [-0.25, -0.2) is 4.79 Å². The predicted molar refractivity (Wildman–Crippen MR) is 144 cm³/mol. The maximum Gasteiger partial charge on any atom is 0.337 e. The molecule has 0 aliphatic rings. The second-order valence-electron chi connectivity index (χ2n) is 8.00. The van der Waals surface area contributed by atoms with Crippen molar-refractivity contribution >= 4 is 28.8 Å². The molecule has 4 N–H and O–H groups in total. The minimum atomic E-state index is -1.02. The van der Waals surface area contributed by atoms with Crippen LogP contribution in [0.4, 0.5) is 11.4 Å². The number of ether oxygens (including phenoxy) is 1. The van der Waals surface area contributed by atoms with Crippen molar-refractivity contribution in [1.29, 1.82) is 0 Å². The molecule has 0 saturated carbocycles. The third-order valence-corrected chi connectivity index (χ3v) is 5.02. The van der Waals surface area contributed by atoms with E-state index in [1.54, 1.807) is 42.5 Å². The van der Waals surface area contributed by atoms with Crippen LogP contribution in [-0.2, 0) is 4.79 Å². The topological polar surface area (TPSA) is 103 Å². The van der Waals surface area contributed by atoms with Crippen molar-refractivity contribution in [2.24, 2.45) is 0 Å². The molecule has 1 heterocycles. The second-order valence-corrected chi connectivity index (χ2v) is 8.00. The molecule has 7 nitrogen and oxygen atoms in total. The number of benzene rings is 2. The zero-order chi connectivity index (χ0) is 25.9. The molecule has 184 valence electrons. The van der Waals surface area contributed by atoms with Crippen molar-refractivity contribution in [2.75, 3.05) is 17.2 Å². The van der Waals surface area contributed by atoms with Gasteiger partial charge in [-0.15, -0.1) is 6.58 Å². The Balaban J connectivity index is 1.63. The minimum Gasteiger partial charge on any atom is -0.478 e. The number of aromatic amines is 1. The second kappa shape index (κ2) is 12.6. The van der Waals surface area contributed by atoms with Gasteiger partial charge in [0.15, 0.2) is 0 Å². The first-order valence-corrected chi connectivity index (χ1v) is 11.3. The van der Waals surface area contributed by atoms with Crippen molar-refractivity contribution in [3.63, 3.8) is 0 Å². The molecule has 0 radical (unpaired) electrons. The Labute approximate surface area is 210 Å². The normalized spacial score (nSPS) is 11.2. The van der Waals surface area contributed by atoms with Gasteiger partial charge in [0.05, 0.1) is 12.1 Å². The van der Waals surface area contributed by atoms with E-state index >= 15 is 0 Å². The van der Waals surface area contributed by atoms with Gasteiger partial charge < -0.3 is 25.5 Å². The van der Waals surface area contributed by atoms with Crippen LogP contribution in [-0.4, -0.2) is 28.5 Å². The number of carbonyl (C=O) groups excluding carboxylic acids is 1. The van der Waals surface area contributed by atoms with Gasteiger partial charge in [0.2, 0.25) is 5.91 Å². The number of amides is 1. The van der Waals surface area contributed by atoms with Gasteiger partial charge in [-0.2, -0.15) is 0 Å². The van der Waals surface area contributed by atoms with E-state index in [0.29, 0.717) is 34.9 Å². The van der Waals surface area contributed by atoms with Crippen LogP contribution in [0.25, 0.3) is 5.57 Å². The lowest BCUT2D eigenvalue weighted by atomic mass is 10.1. The van der Waals surface area contributed by atoms with E-state index in [4.69, 9.17) is 9.84 Å². The molecule has 0 aliphatic heterocycles. The Bertz CT molecular complexity index is 1300. The van der Waals surface area contributed by atoms with Crippen molar-refractivity contribution in [2.45, 2.75) is 13.3 Å². The molecule has 0 aliphatic carbocycles. The molecule has 2 aromatic carbocycles.